The van der Waals surface area contributed by atoms with Gasteiger partial charge in [-0.2, -0.15) is 0 Å². The Morgan fingerprint density at radius 1 is 1.10 bits per heavy atom. The summed E-state index contributed by atoms with van der Waals surface area (Å²) in [5, 5.41) is 3.59. The molecular weight excluding hydrogens is 320 g/mol. The second-order valence-electron chi connectivity index (χ2n) is 4.37. The molecule has 2 aromatic carbocycles. The Balaban J connectivity index is 1.86. The highest BCUT2D eigenvalue weighted by atomic mass is 79.9. The number of hydrogen-bond donors (Lipinski definition) is 2. The Morgan fingerprint density at radius 3 is 2.60 bits per heavy atom. The summed E-state index contributed by atoms with van der Waals surface area (Å²) in [6.45, 7) is 0. The number of furan rings is 1. The molecule has 0 atom stereocenters. The van der Waals surface area contributed by atoms with Crippen molar-refractivity contribution in [1.29, 1.82) is 0 Å². The summed E-state index contributed by atoms with van der Waals surface area (Å²) < 4.78 is 6.46. The molecule has 100 valence electrons. The molecule has 0 saturated carbocycles. The van der Waals surface area contributed by atoms with Crippen LogP contribution in [-0.4, -0.2) is 5.91 Å². The number of fused-ring (bicyclic) bond motifs is 1. The molecule has 1 aromatic heterocycles. The van der Waals surface area contributed by atoms with E-state index in [1.807, 2.05) is 24.3 Å². The van der Waals surface area contributed by atoms with Crippen LogP contribution in [0, 0.1) is 0 Å². The average Bonchev–Trinajstić information content (AvgIpc) is 2.84. The van der Waals surface area contributed by atoms with Gasteiger partial charge in [-0.05, 0) is 48.5 Å². The van der Waals surface area contributed by atoms with Gasteiger partial charge in [0.15, 0.2) is 5.76 Å². The van der Waals surface area contributed by atoms with Crippen molar-refractivity contribution in [2.45, 2.75) is 0 Å². The van der Waals surface area contributed by atoms with E-state index in [0.717, 1.165) is 9.86 Å². The summed E-state index contributed by atoms with van der Waals surface area (Å²) in [6, 6.07) is 14.3. The monoisotopic (exact) mass is 330 g/mol. The Kier molecular flexibility index (Phi) is 3.20. The highest BCUT2D eigenvalue weighted by Crippen LogP contribution is 2.22. The maximum Gasteiger partial charge on any atom is 0.291 e. The van der Waals surface area contributed by atoms with Crippen molar-refractivity contribution < 1.29 is 9.21 Å². The molecular formula is C15H11BrN2O2. The molecule has 3 aromatic rings. The second kappa shape index (κ2) is 5.02. The summed E-state index contributed by atoms with van der Waals surface area (Å²) in [5.41, 5.74) is 7.68. The standard InChI is InChI=1S/C15H11BrN2O2/c16-10-1-4-12(5-2-10)18-15(19)14-8-9-7-11(17)3-6-13(9)20-14/h1-8H,17H2,(H,18,19). The van der Waals surface area contributed by atoms with E-state index in [1.165, 1.54) is 0 Å². The van der Waals surface area contributed by atoms with Crippen LogP contribution in [0.4, 0.5) is 11.4 Å². The van der Waals surface area contributed by atoms with E-state index in [-0.39, 0.29) is 11.7 Å². The van der Waals surface area contributed by atoms with E-state index < -0.39 is 0 Å². The van der Waals surface area contributed by atoms with Crippen LogP contribution in [0.1, 0.15) is 10.6 Å². The molecule has 4 nitrogen and oxygen atoms in total. The lowest BCUT2D eigenvalue weighted by atomic mass is 10.2. The van der Waals surface area contributed by atoms with Gasteiger partial charge in [0.05, 0.1) is 0 Å². The smallest absolute Gasteiger partial charge is 0.291 e. The molecule has 0 aliphatic carbocycles. The average molecular weight is 331 g/mol. The van der Waals surface area contributed by atoms with Gasteiger partial charge in [-0.25, -0.2) is 0 Å². The Labute approximate surface area is 123 Å². The van der Waals surface area contributed by atoms with Gasteiger partial charge in [0.2, 0.25) is 0 Å². The summed E-state index contributed by atoms with van der Waals surface area (Å²) in [5.74, 6) is -0.0318. The topological polar surface area (TPSA) is 68.3 Å². The lowest BCUT2D eigenvalue weighted by Gasteiger charge is -2.02. The van der Waals surface area contributed by atoms with E-state index in [4.69, 9.17) is 10.2 Å². The lowest BCUT2D eigenvalue weighted by Crippen LogP contribution is -2.10. The molecule has 0 fully saturated rings. The number of nitrogens with two attached hydrogens (primary N) is 1. The van der Waals surface area contributed by atoms with E-state index >= 15 is 0 Å². The van der Waals surface area contributed by atoms with Crippen LogP contribution in [0.15, 0.2) is 57.4 Å². The molecule has 0 aliphatic heterocycles. The van der Waals surface area contributed by atoms with Gasteiger partial charge in [0.25, 0.3) is 5.91 Å². The molecule has 3 rings (SSSR count). The van der Waals surface area contributed by atoms with Crippen LogP contribution >= 0.6 is 15.9 Å². The number of carbonyl (C=O) groups excluding carboxylic acids is 1. The Bertz CT molecular complexity index is 778. The molecule has 0 bridgehead atoms. The first-order valence-electron chi connectivity index (χ1n) is 5.98. The van der Waals surface area contributed by atoms with Crippen LogP contribution in [0.2, 0.25) is 0 Å². The minimum absolute atomic E-state index is 0.258. The number of nitrogen functional groups attached to an aromatic ring is 1. The van der Waals surface area contributed by atoms with Crippen molar-refractivity contribution in [1.82, 2.24) is 0 Å². The van der Waals surface area contributed by atoms with E-state index in [1.54, 1.807) is 24.3 Å². The molecule has 0 spiro atoms. The molecule has 0 unspecified atom stereocenters. The normalized spacial score (nSPS) is 10.7. The number of carbonyl (C=O) groups is 1. The van der Waals surface area contributed by atoms with Crippen molar-refractivity contribution in [3.05, 3.63) is 58.8 Å². The number of halogens is 1. The minimum Gasteiger partial charge on any atom is -0.451 e. The van der Waals surface area contributed by atoms with Crippen molar-refractivity contribution in [2.75, 3.05) is 11.1 Å². The number of rotatable bonds is 2. The van der Waals surface area contributed by atoms with Crippen molar-refractivity contribution >= 4 is 44.2 Å². The number of benzene rings is 2. The zero-order chi connectivity index (χ0) is 14.1. The van der Waals surface area contributed by atoms with Gasteiger partial charge in [-0.1, -0.05) is 15.9 Å². The fraction of sp³-hybridized carbons (Fsp3) is 0. The molecule has 5 heteroatoms. The predicted octanol–water partition coefficient (Wildman–Crippen LogP) is 4.03. The van der Waals surface area contributed by atoms with Crippen LogP contribution in [0.5, 0.6) is 0 Å². The summed E-state index contributed by atoms with van der Waals surface area (Å²) in [6.07, 6.45) is 0. The van der Waals surface area contributed by atoms with Gasteiger partial charge in [-0.3, -0.25) is 4.79 Å². The minimum atomic E-state index is -0.290. The highest BCUT2D eigenvalue weighted by Gasteiger charge is 2.12. The molecule has 3 N–H and O–H groups in total. The second-order valence-corrected chi connectivity index (χ2v) is 5.28. The van der Waals surface area contributed by atoms with E-state index in [2.05, 4.69) is 21.2 Å². The van der Waals surface area contributed by atoms with Crippen LogP contribution in [0.25, 0.3) is 11.0 Å². The van der Waals surface area contributed by atoms with Gasteiger partial charge in [0, 0.05) is 21.2 Å². The quantitative estimate of drug-likeness (QED) is 0.697. The highest BCUT2D eigenvalue weighted by molar-refractivity contribution is 9.10. The van der Waals surface area contributed by atoms with Crippen LogP contribution < -0.4 is 11.1 Å². The van der Waals surface area contributed by atoms with Crippen molar-refractivity contribution in [3.63, 3.8) is 0 Å². The number of nitrogens with one attached hydrogen (secondary N) is 1. The SMILES string of the molecule is Nc1ccc2oc(C(=O)Nc3ccc(Br)cc3)cc2c1. The van der Waals surface area contributed by atoms with Crippen LogP contribution in [0.3, 0.4) is 0 Å². The first kappa shape index (κ1) is 12.7. The number of anilines is 2. The summed E-state index contributed by atoms with van der Waals surface area (Å²) in [7, 11) is 0. The molecule has 1 heterocycles. The van der Waals surface area contributed by atoms with E-state index in [9.17, 15) is 4.79 Å². The fourth-order valence-electron chi connectivity index (χ4n) is 1.90. The Morgan fingerprint density at radius 2 is 1.85 bits per heavy atom. The molecule has 0 saturated heterocycles. The van der Waals surface area contributed by atoms with Crippen LogP contribution in [-0.2, 0) is 0 Å². The molecule has 0 radical (unpaired) electrons. The maximum atomic E-state index is 12.1. The van der Waals surface area contributed by atoms with Gasteiger partial charge < -0.3 is 15.5 Å². The van der Waals surface area contributed by atoms with Crippen molar-refractivity contribution in [2.24, 2.45) is 0 Å². The number of hydrogen-bond acceptors (Lipinski definition) is 3. The van der Waals surface area contributed by atoms with Crippen molar-refractivity contribution in [3.8, 4) is 0 Å². The van der Waals surface area contributed by atoms with Gasteiger partial charge in [0.1, 0.15) is 5.58 Å². The zero-order valence-electron chi connectivity index (χ0n) is 10.4. The molecule has 1 amide bonds. The summed E-state index contributed by atoms with van der Waals surface area (Å²) in [4.78, 5) is 12.1. The van der Waals surface area contributed by atoms with Gasteiger partial charge >= 0.3 is 0 Å². The summed E-state index contributed by atoms with van der Waals surface area (Å²) >= 11 is 3.34. The maximum absolute atomic E-state index is 12.1. The molecule has 0 aliphatic rings. The van der Waals surface area contributed by atoms with E-state index in [0.29, 0.717) is 17.0 Å². The lowest BCUT2D eigenvalue weighted by molar-refractivity contribution is 0.0998. The third kappa shape index (κ3) is 2.53. The third-order valence-corrected chi connectivity index (χ3v) is 3.39. The first-order chi connectivity index (χ1) is 9.61. The third-order valence-electron chi connectivity index (χ3n) is 2.87. The zero-order valence-corrected chi connectivity index (χ0v) is 12.0. The predicted molar refractivity (Wildman–Crippen MR) is 82.7 cm³/mol. The first-order valence-corrected chi connectivity index (χ1v) is 6.77. The number of amides is 1. The molecule has 20 heavy (non-hydrogen) atoms. The fourth-order valence-corrected chi connectivity index (χ4v) is 2.16. The van der Waals surface area contributed by atoms with Gasteiger partial charge in [-0.15, -0.1) is 0 Å². The Hall–Kier alpha value is -2.27. The largest absolute Gasteiger partial charge is 0.451 e.